The van der Waals surface area contributed by atoms with Gasteiger partial charge in [-0.2, -0.15) is 0 Å². The summed E-state index contributed by atoms with van der Waals surface area (Å²) in [7, 11) is 0. The summed E-state index contributed by atoms with van der Waals surface area (Å²) >= 11 is 6.63. The number of hydrogen-bond donors (Lipinski definition) is 0. The zero-order valence-corrected chi connectivity index (χ0v) is 8.93. The standard InChI is InChI=1S/C8H7Br2O/c9-6-8(10)11-7-4-2-1-3-5-7/h2-5,8H,6H2. The molecule has 1 unspecified atom stereocenters. The Morgan fingerprint density at radius 3 is 2.64 bits per heavy atom. The summed E-state index contributed by atoms with van der Waals surface area (Å²) in [6, 6.07) is 10.3. The number of halogens is 2. The minimum absolute atomic E-state index is 0.0323. The van der Waals surface area contributed by atoms with Crippen molar-refractivity contribution in [3.05, 3.63) is 30.3 Å². The normalized spacial score (nSPS) is 12.5. The van der Waals surface area contributed by atoms with E-state index in [0.29, 0.717) is 0 Å². The smallest absolute Gasteiger partial charge is 0.162 e. The first-order valence-corrected chi connectivity index (χ1v) is 5.19. The molecule has 59 valence electrons. The Morgan fingerprint density at radius 2 is 2.09 bits per heavy atom. The van der Waals surface area contributed by atoms with Gasteiger partial charge in [0.25, 0.3) is 0 Å². The minimum Gasteiger partial charge on any atom is -0.478 e. The van der Waals surface area contributed by atoms with Crippen LogP contribution in [-0.2, 0) is 0 Å². The molecule has 1 nitrogen and oxygen atoms in total. The largest absolute Gasteiger partial charge is 0.478 e. The average molecular weight is 279 g/mol. The maximum absolute atomic E-state index is 5.41. The summed E-state index contributed by atoms with van der Waals surface area (Å²) in [5.41, 5.74) is 0. The van der Waals surface area contributed by atoms with Gasteiger partial charge >= 0.3 is 0 Å². The molecular weight excluding hydrogens is 272 g/mol. The van der Waals surface area contributed by atoms with Crippen molar-refractivity contribution < 1.29 is 4.74 Å². The van der Waals surface area contributed by atoms with Crippen molar-refractivity contribution in [2.45, 2.75) is 5.01 Å². The number of ether oxygens (including phenoxy) is 1. The molecule has 0 saturated heterocycles. The molecule has 0 bridgehead atoms. The van der Waals surface area contributed by atoms with Gasteiger partial charge in [0.1, 0.15) is 5.75 Å². The number of benzene rings is 1. The fourth-order valence-electron chi connectivity index (χ4n) is 0.629. The highest BCUT2D eigenvalue weighted by Crippen LogP contribution is 2.14. The highest BCUT2D eigenvalue weighted by Gasteiger charge is 2.01. The van der Waals surface area contributed by atoms with Crippen LogP contribution in [0.1, 0.15) is 0 Å². The Balaban J connectivity index is 2.51. The predicted octanol–water partition coefficient (Wildman–Crippen LogP) is 2.98. The fraction of sp³-hybridized carbons (Fsp3) is 0.250. The molecule has 1 rings (SSSR count). The van der Waals surface area contributed by atoms with Gasteiger partial charge in [0.15, 0.2) is 5.01 Å². The van der Waals surface area contributed by atoms with Crippen molar-refractivity contribution in [3.63, 3.8) is 0 Å². The van der Waals surface area contributed by atoms with Crippen LogP contribution < -0.4 is 4.74 Å². The van der Waals surface area contributed by atoms with Gasteiger partial charge in [-0.05, 0) is 34.1 Å². The lowest BCUT2D eigenvalue weighted by molar-refractivity contribution is 0.319. The Hall–Kier alpha value is -0.0200. The molecule has 1 radical (unpaired) electrons. The van der Waals surface area contributed by atoms with Crippen LogP contribution in [-0.4, -0.2) is 10.3 Å². The molecule has 0 aliphatic heterocycles. The Bertz CT molecular complexity index is 201. The molecular formula is C8H7Br2O. The average Bonchev–Trinajstić information content (AvgIpc) is 2.06. The molecule has 0 aromatic heterocycles. The van der Waals surface area contributed by atoms with E-state index in [1.165, 1.54) is 0 Å². The number of alkyl halides is 2. The van der Waals surface area contributed by atoms with E-state index in [9.17, 15) is 0 Å². The molecule has 3 heteroatoms. The summed E-state index contributed by atoms with van der Waals surface area (Å²) < 4.78 is 5.41. The molecule has 1 atom stereocenters. The van der Waals surface area contributed by atoms with Crippen LogP contribution in [0.2, 0.25) is 0 Å². The van der Waals surface area contributed by atoms with E-state index in [-0.39, 0.29) is 5.01 Å². The quantitative estimate of drug-likeness (QED) is 0.773. The van der Waals surface area contributed by atoms with Gasteiger partial charge in [0, 0.05) is 0 Å². The van der Waals surface area contributed by atoms with Crippen molar-refractivity contribution in [1.82, 2.24) is 0 Å². The summed E-state index contributed by atoms with van der Waals surface area (Å²) in [6.45, 7) is 0. The second-order valence-electron chi connectivity index (χ2n) is 1.92. The molecule has 0 aliphatic rings. The lowest BCUT2D eigenvalue weighted by Gasteiger charge is -2.08. The van der Waals surface area contributed by atoms with Crippen molar-refractivity contribution in [2.24, 2.45) is 0 Å². The van der Waals surface area contributed by atoms with Gasteiger partial charge in [0.2, 0.25) is 0 Å². The van der Waals surface area contributed by atoms with Crippen LogP contribution in [0.25, 0.3) is 0 Å². The Morgan fingerprint density at radius 1 is 1.45 bits per heavy atom. The molecule has 0 fully saturated rings. The molecule has 0 heterocycles. The predicted molar refractivity (Wildman–Crippen MR) is 52.4 cm³/mol. The fourth-order valence-corrected chi connectivity index (χ4v) is 0.977. The van der Waals surface area contributed by atoms with Gasteiger partial charge in [-0.1, -0.05) is 28.1 Å². The molecule has 1 aromatic carbocycles. The highest BCUT2D eigenvalue weighted by atomic mass is 79.9. The summed E-state index contributed by atoms with van der Waals surface area (Å²) in [5, 5.41) is 0.802. The molecule has 0 N–H and O–H groups in total. The Labute approximate surface area is 83.0 Å². The lowest BCUT2D eigenvalue weighted by Crippen LogP contribution is -2.08. The third-order valence-electron chi connectivity index (χ3n) is 1.07. The summed E-state index contributed by atoms with van der Waals surface area (Å²) in [6.07, 6.45) is 0. The van der Waals surface area contributed by atoms with Crippen molar-refractivity contribution in [3.8, 4) is 5.75 Å². The topological polar surface area (TPSA) is 9.23 Å². The van der Waals surface area contributed by atoms with E-state index in [0.717, 1.165) is 11.1 Å². The van der Waals surface area contributed by atoms with Crippen LogP contribution in [0, 0.1) is 6.07 Å². The first-order chi connectivity index (χ1) is 5.33. The first-order valence-electron chi connectivity index (χ1n) is 3.15. The van der Waals surface area contributed by atoms with Gasteiger partial charge in [-0.15, -0.1) is 0 Å². The van der Waals surface area contributed by atoms with Gasteiger partial charge in [-0.3, -0.25) is 0 Å². The van der Waals surface area contributed by atoms with Crippen LogP contribution in [0.15, 0.2) is 24.3 Å². The van der Waals surface area contributed by atoms with E-state index in [4.69, 9.17) is 4.74 Å². The minimum atomic E-state index is 0.0323. The van der Waals surface area contributed by atoms with Gasteiger partial charge < -0.3 is 4.74 Å². The highest BCUT2D eigenvalue weighted by molar-refractivity contribution is 9.12. The zero-order chi connectivity index (χ0) is 8.10. The first kappa shape index (κ1) is 9.07. The monoisotopic (exact) mass is 277 g/mol. The van der Waals surface area contributed by atoms with E-state index in [2.05, 4.69) is 37.9 Å². The SMILES string of the molecule is BrCC(Br)Oc1cc[c]cc1. The second kappa shape index (κ2) is 4.78. The van der Waals surface area contributed by atoms with Gasteiger partial charge in [-0.25, -0.2) is 0 Å². The molecule has 0 saturated carbocycles. The third kappa shape index (κ3) is 3.25. The molecule has 0 aliphatic carbocycles. The summed E-state index contributed by atoms with van der Waals surface area (Å²) in [4.78, 5) is 0. The van der Waals surface area contributed by atoms with E-state index in [1.54, 1.807) is 0 Å². The number of hydrogen-bond acceptors (Lipinski definition) is 1. The van der Waals surface area contributed by atoms with Crippen LogP contribution in [0.4, 0.5) is 0 Å². The molecule has 11 heavy (non-hydrogen) atoms. The molecule has 0 amide bonds. The van der Waals surface area contributed by atoms with Crippen LogP contribution >= 0.6 is 31.9 Å². The zero-order valence-electron chi connectivity index (χ0n) is 5.76. The van der Waals surface area contributed by atoms with Crippen molar-refractivity contribution in [2.75, 3.05) is 5.33 Å². The van der Waals surface area contributed by atoms with E-state index >= 15 is 0 Å². The molecule has 1 aromatic rings. The summed E-state index contributed by atoms with van der Waals surface area (Å²) in [5.74, 6) is 0.852. The van der Waals surface area contributed by atoms with Crippen molar-refractivity contribution in [1.29, 1.82) is 0 Å². The third-order valence-corrected chi connectivity index (χ3v) is 3.04. The number of rotatable bonds is 3. The maximum Gasteiger partial charge on any atom is 0.162 e. The van der Waals surface area contributed by atoms with E-state index in [1.807, 2.05) is 24.3 Å². The van der Waals surface area contributed by atoms with Crippen LogP contribution in [0.5, 0.6) is 5.75 Å². The Kier molecular flexibility index (Phi) is 3.94. The van der Waals surface area contributed by atoms with Crippen molar-refractivity contribution >= 4 is 31.9 Å². The van der Waals surface area contributed by atoms with Crippen LogP contribution in [0.3, 0.4) is 0 Å². The maximum atomic E-state index is 5.41. The van der Waals surface area contributed by atoms with E-state index < -0.39 is 0 Å². The lowest BCUT2D eigenvalue weighted by atomic mass is 10.3. The molecule has 0 spiro atoms. The van der Waals surface area contributed by atoms with Gasteiger partial charge in [0.05, 0.1) is 5.33 Å². The second-order valence-corrected chi connectivity index (χ2v) is 3.59.